The van der Waals surface area contributed by atoms with E-state index in [9.17, 15) is 18.0 Å². The average molecular weight is 411 g/mol. The van der Waals surface area contributed by atoms with Crippen molar-refractivity contribution in [2.75, 3.05) is 19.6 Å². The lowest BCUT2D eigenvalue weighted by Gasteiger charge is -2.24. The Bertz CT molecular complexity index is 813. The van der Waals surface area contributed by atoms with E-state index in [1.54, 1.807) is 0 Å². The van der Waals surface area contributed by atoms with Crippen LogP contribution in [0.3, 0.4) is 0 Å². The Labute approximate surface area is 169 Å². The molecule has 0 unspecified atom stereocenters. The number of hydrogen-bond donors (Lipinski definition) is 1. The van der Waals surface area contributed by atoms with Crippen molar-refractivity contribution in [2.45, 2.75) is 52.8 Å². The van der Waals surface area contributed by atoms with Crippen LogP contribution < -0.4 is 5.32 Å². The van der Waals surface area contributed by atoms with Gasteiger partial charge in [-0.2, -0.15) is 18.3 Å². The monoisotopic (exact) mass is 411 g/mol. The number of alkyl halides is 3. The van der Waals surface area contributed by atoms with Crippen LogP contribution in [0.15, 0.2) is 24.5 Å². The van der Waals surface area contributed by atoms with Crippen LogP contribution in [0.2, 0.25) is 0 Å². The average Bonchev–Trinajstić information content (AvgIpc) is 3.09. The molecule has 0 aromatic carbocycles. The van der Waals surface area contributed by atoms with Gasteiger partial charge in [0.25, 0.3) is 5.91 Å². The van der Waals surface area contributed by atoms with Gasteiger partial charge in [0, 0.05) is 25.3 Å². The smallest absolute Gasteiger partial charge is 0.351 e. The summed E-state index contributed by atoms with van der Waals surface area (Å²) < 4.78 is 39.7. The summed E-state index contributed by atoms with van der Waals surface area (Å²) >= 11 is 0. The van der Waals surface area contributed by atoms with Crippen molar-refractivity contribution in [3.05, 3.63) is 41.3 Å². The minimum atomic E-state index is -4.45. The summed E-state index contributed by atoms with van der Waals surface area (Å²) in [5, 5.41) is 7.11. The van der Waals surface area contributed by atoms with Crippen LogP contribution in [0.1, 0.15) is 62.2 Å². The van der Waals surface area contributed by atoms with Gasteiger partial charge in [0.1, 0.15) is 0 Å². The van der Waals surface area contributed by atoms with Gasteiger partial charge in [0.05, 0.1) is 23.0 Å². The first-order valence-electron chi connectivity index (χ1n) is 9.70. The zero-order valence-corrected chi connectivity index (χ0v) is 17.4. The van der Waals surface area contributed by atoms with Gasteiger partial charge in [-0.05, 0) is 38.4 Å². The van der Waals surface area contributed by atoms with Gasteiger partial charge in [0.15, 0.2) is 5.82 Å². The van der Waals surface area contributed by atoms with Crippen molar-refractivity contribution in [3.8, 4) is 5.82 Å². The molecule has 0 saturated heterocycles. The lowest BCUT2D eigenvalue weighted by atomic mass is 10.1. The van der Waals surface area contributed by atoms with E-state index in [1.807, 2.05) is 13.8 Å². The van der Waals surface area contributed by atoms with E-state index in [4.69, 9.17) is 0 Å². The first kappa shape index (κ1) is 22.9. The molecule has 1 amide bonds. The summed E-state index contributed by atoms with van der Waals surface area (Å²) in [6.07, 6.45) is -2.25. The summed E-state index contributed by atoms with van der Waals surface area (Å²) in [6, 6.07) is 2.60. The van der Waals surface area contributed by atoms with E-state index in [0.717, 1.165) is 25.4 Å². The molecule has 0 fully saturated rings. The third-order valence-corrected chi connectivity index (χ3v) is 4.71. The van der Waals surface area contributed by atoms with Crippen molar-refractivity contribution in [1.82, 2.24) is 25.0 Å². The highest BCUT2D eigenvalue weighted by Gasteiger charge is 2.31. The van der Waals surface area contributed by atoms with Crippen LogP contribution >= 0.6 is 0 Å². The second-order valence-corrected chi connectivity index (χ2v) is 7.39. The van der Waals surface area contributed by atoms with E-state index >= 15 is 0 Å². The summed E-state index contributed by atoms with van der Waals surface area (Å²) in [5.74, 6) is -0.102. The van der Waals surface area contributed by atoms with Crippen LogP contribution in [-0.2, 0) is 6.18 Å². The fourth-order valence-corrected chi connectivity index (χ4v) is 3.14. The number of nitrogens with one attached hydrogen (secondary N) is 1. The number of carbonyl (C=O) groups excluding carboxylic acids is 1. The summed E-state index contributed by atoms with van der Waals surface area (Å²) in [5.41, 5.74) is 0.170. The Hall–Kier alpha value is -2.42. The molecule has 1 N–H and O–H groups in total. The molecule has 2 aromatic heterocycles. The molecular weight excluding hydrogens is 383 g/mol. The van der Waals surface area contributed by atoms with Gasteiger partial charge < -0.3 is 5.32 Å². The summed E-state index contributed by atoms with van der Waals surface area (Å²) in [4.78, 5) is 18.8. The molecule has 0 saturated carbocycles. The molecule has 2 heterocycles. The molecule has 2 rings (SSSR count). The van der Waals surface area contributed by atoms with Crippen molar-refractivity contribution < 1.29 is 18.0 Å². The maximum Gasteiger partial charge on any atom is 0.417 e. The van der Waals surface area contributed by atoms with E-state index in [0.29, 0.717) is 23.8 Å². The summed E-state index contributed by atoms with van der Waals surface area (Å²) in [6.45, 7) is 12.2. The standard InChI is InChI=1S/C20H28F3N5O/c1-6-27(14(4)5)10-9-24-19(29)16-12-26-28(18(16)13(2)3)17-8-7-15(11-25-17)20(21,22)23/h7-8,11-14H,6,9-10H2,1-5H3,(H,24,29). The highest BCUT2D eigenvalue weighted by Crippen LogP contribution is 2.29. The predicted molar refractivity (Wildman–Crippen MR) is 105 cm³/mol. The number of hydrogen-bond acceptors (Lipinski definition) is 4. The predicted octanol–water partition coefficient (Wildman–Crippen LogP) is 3.87. The molecule has 0 aliphatic carbocycles. The van der Waals surface area contributed by atoms with Gasteiger partial charge in [-0.3, -0.25) is 9.69 Å². The molecule has 2 aromatic rings. The fourth-order valence-electron chi connectivity index (χ4n) is 3.14. The number of rotatable bonds is 8. The number of aromatic nitrogens is 3. The SMILES string of the molecule is CCN(CCNC(=O)c1cnn(-c2ccc(C(F)(F)F)cn2)c1C(C)C)C(C)C. The molecule has 0 aliphatic heterocycles. The van der Waals surface area contributed by atoms with E-state index in [-0.39, 0.29) is 17.6 Å². The van der Waals surface area contributed by atoms with E-state index in [1.165, 1.54) is 16.9 Å². The number of halogens is 3. The lowest BCUT2D eigenvalue weighted by molar-refractivity contribution is -0.137. The Kier molecular flexibility index (Phi) is 7.40. The minimum absolute atomic E-state index is 0.0786. The second kappa shape index (κ2) is 9.39. The van der Waals surface area contributed by atoms with Crippen molar-refractivity contribution in [1.29, 1.82) is 0 Å². The zero-order valence-electron chi connectivity index (χ0n) is 17.4. The van der Waals surface area contributed by atoms with Crippen LogP contribution in [0.25, 0.3) is 5.82 Å². The van der Waals surface area contributed by atoms with Gasteiger partial charge >= 0.3 is 6.18 Å². The Morgan fingerprint density at radius 2 is 1.90 bits per heavy atom. The maximum atomic E-state index is 12.8. The number of nitrogens with zero attached hydrogens (tertiary/aromatic N) is 4. The first-order chi connectivity index (χ1) is 13.6. The molecule has 0 radical (unpaired) electrons. The second-order valence-electron chi connectivity index (χ2n) is 7.39. The third-order valence-electron chi connectivity index (χ3n) is 4.71. The maximum absolute atomic E-state index is 12.8. The molecule has 6 nitrogen and oxygen atoms in total. The molecule has 160 valence electrons. The molecule has 0 atom stereocenters. The number of pyridine rings is 1. The molecule has 9 heteroatoms. The Morgan fingerprint density at radius 1 is 1.21 bits per heavy atom. The minimum Gasteiger partial charge on any atom is -0.351 e. The van der Waals surface area contributed by atoms with Crippen LogP contribution in [-0.4, -0.2) is 51.2 Å². The van der Waals surface area contributed by atoms with Crippen LogP contribution in [0.5, 0.6) is 0 Å². The van der Waals surface area contributed by atoms with Gasteiger partial charge in [-0.25, -0.2) is 9.67 Å². The van der Waals surface area contributed by atoms with Crippen LogP contribution in [0, 0.1) is 0 Å². The largest absolute Gasteiger partial charge is 0.417 e. The topological polar surface area (TPSA) is 63.1 Å². The molecular formula is C20H28F3N5O. The number of carbonyl (C=O) groups is 1. The fraction of sp³-hybridized carbons (Fsp3) is 0.550. The highest BCUT2D eigenvalue weighted by molar-refractivity contribution is 5.95. The quantitative estimate of drug-likeness (QED) is 0.716. The highest BCUT2D eigenvalue weighted by atomic mass is 19.4. The third kappa shape index (κ3) is 5.56. The van der Waals surface area contributed by atoms with E-state index in [2.05, 4.69) is 41.1 Å². The molecule has 0 bridgehead atoms. The summed E-state index contributed by atoms with van der Waals surface area (Å²) in [7, 11) is 0. The van der Waals surface area contributed by atoms with Gasteiger partial charge in [-0.1, -0.05) is 20.8 Å². The molecule has 29 heavy (non-hydrogen) atoms. The van der Waals surface area contributed by atoms with Crippen molar-refractivity contribution in [3.63, 3.8) is 0 Å². The molecule has 0 spiro atoms. The Morgan fingerprint density at radius 3 is 2.38 bits per heavy atom. The number of likely N-dealkylation sites (N-methyl/N-ethyl adjacent to an activating group) is 1. The molecule has 0 aliphatic rings. The first-order valence-corrected chi connectivity index (χ1v) is 9.70. The van der Waals surface area contributed by atoms with Crippen molar-refractivity contribution in [2.24, 2.45) is 0 Å². The number of amides is 1. The lowest BCUT2D eigenvalue weighted by Crippen LogP contribution is -2.38. The van der Waals surface area contributed by atoms with E-state index < -0.39 is 11.7 Å². The Balaban J connectivity index is 2.21. The van der Waals surface area contributed by atoms with Gasteiger partial charge in [0.2, 0.25) is 0 Å². The van der Waals surface area contributed by atoms with Crippen LogP contribution in [0.4, 0.5) is 13.2 Å². The zero-order chi connectivity index (χ0) is 21.8. The van der Waals surface area contributed by atoms with Gasteiger partial charge in [-0.15, -0.1) is 0 Å². The normalized spacial score (nSPS) is 12.2. The van der Waals surface area contributed by atoms with Crippen molar-refractivity contribution >= 4 is 5.91 Å².